The summed E-state index contributed by atoms with van der Waals surface area (Å²) < 4.78 is 10.8. The molecule has 2 saturated heterocycles. The van der Waals surface area contributed by atoms with Crippen molar-refractivity contribution >= 4 is 0 Å². The highest BCUT2D eigenvalue weighted by atomic mass is 16.5. The molecule has 3 fully saturated rings. The second-order valence-electron chi connectivity index (χ2n) is 7.80. The maximum absolute atomic E-state index is 10.9. The molecular formula is C20H30N2O3. The summed E-state index contributed by atoms with van der Waals surface area (Å²) in [6, 6.07) is 8.61. The number of rotatable bonds is 5. The molecule has 5 nitrogen and oxygen atoms in total. The molecule has 2 aliphatic heterocycles. The van der Waals surface area contributed by atoms with Crippen molar-refractivity contribution in [2.24, 2.45) is 5.92 Å². The Balaban J connectivity index is 1.28. The van der Waals surface area contributed by atoms with E-state index in [2.05, 4.69) is 34.1 Å². The summed E-state index contributed by atoms with van der Waals surface area (Å²) in [5.74, 6) is 0.608. The van der Waals surface area contributed by atoms with Gasteiger partial charge >= 0.3 is 0 Å². The Morgan fingerprint density at radius 3 is 2.04 bits per heavy atom. The van der Waals surface area contributed by atoms with Crippen molar-refractivity contribution in [3.05, 3.63) is 35.4 Å². The van der Waals surface area contributed by atoms with Crippen molar-refractivity contribution in [1.82, 2.24) is 9.80 Å². The summed E-state index contributed by atoms with van der Waals surface area (Å²) in [4.78, 5) is 4.90. The van der Waals surface area contributed by atoms with Crippen LogP contribution in [-0.4, -0.2) is 74.1 Å². The van der Waals surface area contributed by atoms with E-state index in [1.807, 2.05) is 0 Å². The number of ether oxygens (including phenoxy) is 2. The molecule has 138 valence electrons. The number of morpholine rings is 2. The molecule has 0 spiro atoms. The van der Waals surface area contributed by atoms with Gasteiger partial charge in [0.15, 0.2) is 0 Å². The van der Waals surface area contributed by atoms with Crippen LogP contribution in [0.15, 0.2) is 24.3 Å². The quantitative estimate of drug-likeness (QED) is 0.874. The summed E-state index contributed by atoms with van der Waals surface area (Å²) >= 11 is 0. The van der Waals surface area contributed by atoms with Crippen molar-refractivity contribution in [3.8, 4) is 0 Å². The van der Waals surface area contributed by atoms with Gasteiger partial charge in [-0.05, 0) is 29.9 Å². The monoisotopic (exact) mass is 346 g/mol. The molecule has 3 aliphatic rings. The zero-order valence-electron chi connectivity index (χ0n) is 15.0. The molecule has 0 aromatic heterocycles. The Morgan fingerprint density at radius 2 is 1.44 bits per heavy atom. The number of nitrogens with zero attached hydrogens (tertiary/aromatic N) is 2. The lowest BCUT2D eigenvalue weighted by Gasteiger charge is -2.46. The van der Waals surface area contributed by atoms with E-state index in [-0.39, 0.29) is 0 Å². The molecule has 1 saturated carbocycles. The van der Waals surface area contributed by atoms with E-state index in [4.69, 9.17) is 9.47 Å². The van der Waals surface area contributed by atoms with E-state index in [1.54, 1.807) is 0 Å². The zero-order valence-corrected chi connectivity index (χ0v) is 15.0. The highest BCUT2D eigenvalue weighted by Crippen LogP contribution is 2.46. The fourth-order valence-electron chi connectivity index (χ4n) is 4.35. The first-order chi connectivity index (χ1) is 12.2. The Morgan fingerprint density at radius 1 is 0.880 bits per heavy atom. The van der Waals surface area contributed by atoms with E-state index in [0.717, 1.165) is 84.1 Å². The fourth-order valence-corrected chi connectivity index (χ4v) is 4.35. The predicted octanol–water partition coefficient (Wildman–Crippen LogP) is 1.45. The molecule has 0 atom stereocenters. The van der Waals surface area contributed by atoms with Gasteiger partial charge in [-0.1, -0.05) is 24.3 Å². The third-order valence-electron chi connectivity index (χ3n) is 5.87. The van der Waals surface area contributed by atoms with Gasteiger partial charge in [0.1, 0.15) is 0 Å². The van der Waals surface area contributed by atoms with Crippen LogP contribution in [0.2, 0.25) is 0 Å². The van der Waals surface area contributed by atoms with Crippen LogP contribution in [0.5, 0.6) is 0 Å². The van der Waals surface area contributed by atoms with Crippen LogP contribution >= 0.6 is 0 Å². The molecule has 0 amide bonds. The topological polar surface area (TPSA) is 45.2 Å². The van der Waals surface area contributed by atoms with Crippen LogP contribution < -0.4 is 0 Å². The van der Waals surface area contributed by atoms with Crippen molar-refractivity contribution in [2.45, 2.75) is 25.0 Å². The molecule has 1 aliphatic carbocycles. The maximum atomic E-state index is 10.9. The van der Waals surface area contributed by atoms with E-state index < -0.39 is 5.60 Å². The predicted molar refractivity (Wildman–Crippen MR) is 96.4 cm³/mol. The van der Waals surface area contributed by atoms with Gasteiger partial charge in [0, 0.05) is 39.3 Å². The molecule has 1 aromatic carbocycles. The first kappa shape index (κ1) is 17.4. The molecule has 2 heterocycles. The zero-order chi connectivity index (χ0) is 17.1. The van der Waals surface area contributed by atoms with Crippen LogP contribution in [0, 0.1) is 5.92 Å². The first-order valence-corrected chi connectivity index (χ1v) is 9.63. The normalized spacial score (nSPS) is 31.6. The van der Waals surface area contributed by atoms with Crippen LogP contribution in [0.1, 0.15) is 24.0 Å². The minimum absolute atomic E-state index is 0.608. The lowest BCUT2D eigenvalue weighted by Crippen LogP contribution is -2.48. The van der Waals surface area contributed by atoms with Gasteiger partial charge in [0.05, 0.1) is 32.0 Å². The Kier molecular flexibility index (Phi) is 5.39. The summed E-state index contributed by atoms with van der Waals surface area (Å²) in [7, 11) is 0. The second-order valence-corrected chi connectivity index (χ2v) is 7.80. The maximum Gasteiger partial charge on any atom is 0.0902 e. The average molecular weight is 346 g/mol. The summed E-state index contributed by atoms with van der Waals surface area (Å²) in [6.07, 6.45) is 1.76. The SMILES string of the molecule is OC1(c2ccc(CN3CCOCC3)cc2)CC(CN2CCOCC2)C1. The van der Waals surface area contributed by atoms with Crippen molar-refractivity contribution in [1.29, 1.82) is 0 Å². The number of aliphatic hydroxyl groups is 1. The molecule has 5 heteroatoms. The number of hydrogen-bond acceptors (Lipinski definition) is 5. The Labute approximate surface area is 150 Å². The van der Waals surface area contributed by atoms with Crippen molar-refractivity contribution in [2.75, 3.05) is 59.2 Å². The second kappa shape index (κ2) is 7.72. The van der Waals surface area contributed by atoms with E-state index in [9.17, 15) is 5.11 Å². The molecular weight excluding hydrogens is 316 g/mol. The Bertz CT molecular complexity index is 545. The molecule has 25 heavy (non-hydrogen) atoms. The number of benzene rings is 1. The van der Waals surface area contributed by atoms with Gasteiger partial charge in [0.2, 0.25) is 0 Å². The summed E-state index contributed by atoms with van der Waals surface area (Å²) in [5, 5.41) is 10.9. The molecule has 1 N–H and O–H groups in total. The lowest BCUT2D eigenvalue weighted by molar-refractivity contribution is -0.0930. The molecule has 0 radical (unpaired) electrons. The third kappa shape index (κ3) is 4.23. The average Bonchev–Trinajstić information content (AvgIpc) is 2.63. The Hall–Kier alpha value is -0.980. The fraction of sp³-hybridized carbons (Fsp3) is 0.700. The van der Waals surface area contributed by atoms with E-state index in [0.29, 0.717) is 5.92 Å². The third-order valence-corrected chi connectivity index (χ3v) is 5.87. The van der Waals surface area contributed by atoms with Crippen LogP contribution in [0.25, 0.3) is 0 Å². The van der Waals surface area contributed by atoms with Crippen molar-refractivity contribution in [3.63, 3.8) is 0 Å². The molecule has 0 bridgehead atoms. The number of hydrogen-bond donors (Lipinski definition) is 1. The van der Waals surface area contributed by atoms with Crippen LogP contribution in [-0.2, 0) is 21.6 Å². The van der Waals surface area contributed by atoms with Gasteiger partial charge < -0.3 is 14.6 Å². The lowest BCUT2D eigenvalue weighted by atomic mass is 9.67. The van der Waals surface area contributed by atoms with Crippen molar-refractivity contribution < 1.29 is 14.6 Å². The molecule has 4 rings (SSSR count). The van der Waals surface area contributed by atoms with Gasteiger partial charge in [0.25, 0.3) is 0 Å². The van der Waals surface area contributed by atoms with Crippen LogP contribution in [0.3, 0.4) is 0 Å². The minimum Gasteiger partial charge on any atom is -0.385 e. The minimum atomic E-state index is -0.617. The van der Waals surface area contributed by atoms with Gasteiger partial charge in [-0.3, -0.25) is 9.80 Å². The van der Waals surface area contributed by atoms with Crippen LogP contribution in [0.4, 0.5) is 0 Å². The standard InChI is InChI=1S/C20H30N2O3/c23-20(13-18(14-20)16-22-7-11-25-12-8-22)19-3-1-17(2-4-19)15-21-5-9-24-10-6-21/h1-4,18,23H,5-16H2. The first-order valence-electron chi connectivity index (χ1n) is 9.63. The summed E-state index contributed by atoms with van der Waals surface area (Å²) in [6.45, 7) is 9.52. The van der Waals surface area contributed by atoms with E-state index in [1.165, 1.54) is 5.56 Å². The largest absolute Gasteiger partial charge is 0.385 e. The highest BCUT2D eigenvalue weighted by Gasteiger charge is 2.44. The molecule has 0 unspecified atom stereocenters. The smallest absolute Gasteiger partial charge is 0.0902 e. The van der Waals surface area contributed by atoms with Gasteiger partial charge in [-0.2, -0.15) is 0 Å². The van der Waals surface area contributed by atoms with Gasteiger partial charge in [-0.15, -0.1) is 0 Å². The highest BCUT2D eigenvalue weighted by molar-refractivity contribution is 5.29. The molecule has 1 aromatic rings. The van der Waals surface area contributed by atoms with E-state index >= 15 is 0 Å². The summed E-state index contributed by atoms with van der Waals surface area (Å²) in [5.41, 5.74) is 1.78. The van der Waals surface area contributed by atoms with Gasteiger partial charge in [-0.25, -0.2) is 0 Å².